The molecular formula is C21H20F4N4O3. The molecule has 1 aliphatic rings. The predicted molar refractivity (Wildman–Crippen MR) is 106 cm³/mol. The number of fused-ring (bicyclic) bond motifs is 1. The van der Waals surface area contributed by atoms with E-state index in [0.717, 1.165) is 12.1 Å². The fourth-order valence-corrected chi connectivity index (χ4v) is 3.47. The summed E-state index contributed by atoms with van der Waals surface area (Å²) in [6.07, 6.45) is -2.40. The minimum Gasteiger partial charge on any atom is -0.491 e. The van der Waals surface area contributed by atoms with Gasteiger partial charge in [-0.3, -0.25) is 4.79 Å². The first kappa shape index (κ1) is 22.0. The molecule has 0 bridgehead atoms. The van der Waals surface area contributed by atoms with Crippen molar-refractivity contribution in [1.82, 2.24) is 14.4 Å². The Morgan fingerprint density at radius 1 is 1.34 bits per heavy atom. The van der Waals surface area contributed by atoms with E-state index < -0.39 is 29.6 Å². The lowest BCUT2D eigenvalue weighted by Gasteiger charge is -2.12. The lowest BCUT2D eigenvalue weighted by atomic mass is 10.0. The Labute approximate surface area is 180 Å². The summed E-state index contributed by atoms with van der Waals surface area (Å²) in [6.45, 7) is 2.83. The summed E-state index contributed by atoms with van der Waals surface area (Å²) in [5.74, 6) is -0.877. The summed E-state index contributed by atoms with van der Waals surface area (Å²) >= 11 is 0. The second-order valence-electron chi connectivity index (χ2n) is 7.30. The third-order valence-corrected chi connectivity index (χ3v) is 5.05. The maximum Gasteiger partial charge on any atom is 0.433 e. The number of hydrogen-bond acceptors (Lipinski definition) is 5. The smallest absolute Gasteiger partial charge is 0.433 e. The zero-order chi connectivity index (χ0) is 22.9. The molecule has 2 atom stereocenters. The molecule has 4 heterocycles. The van der Waals surface area contributed by atoms with Crippen LogP contribution in [0.15, 0.2) is 36.7 Å². The van der Waals surface area contributed by atoms with Crippen LogP contribution in [0.25, 0.3) is 5.65 Å². The molecule has 7 nitrogen and oxygen atoms in total. The Hall–Kier alpha value is -3.21. The highest BCUT2D eigenvalue weighted by Gasteiger charge is 2.33. The number of pyridine rings is 2. The Balaban J connectivity index is 1.63. The van der Waals surface area contributed by atoms with Crippen LogP contribution in [0.1, 0.15) is 41.4 Å². The normalized spacial score (nSPS) is 17.5. The highest BCUT2D eigenvalue weighted by atomic mass is 19.4. The van der Waals surface area contributed by atoms with E-state index in [1.165, 1.54) is 28.9 Å². The summed E-state index contributed by atoms with van der Waals surface area (Å²) in [5, 5.41) is 2.52. The van der Waals surface area contributed by atoms with Gasteiger partial charge in [-0.2, -0.15) is 13.2 Å². The number of alkyl halides is 4. The number of hydrogen-bond donors (Lipinski definition) is 1. The van der Waals surface area contributed by atoms with Crippen LogP contribution in [-0.4, -0.2) is 40.1 Å². The number of anilines is 1. The van der Waals surface area contributed by atoms with Crippen molar-refractivity contribution in [1.29, 1.82) is 0 Å². The molecule has 11 heteroatoms. The topological polar surface area (TPSA) is 77.8 Å². The molecule has 0 saturated carbocycles. The summed E-state index contributed by atoms with van der Waals surface area (Å²) in [5.41, 5.74) is -0.758. The summed E-state index contributed by atoms with van der Waals surface area (Å²) in [7, 11) is 0. The third-order valence-electron chi connectivity index (χ3n) is 5.05. The first-order chi connectivity index (χ1) is 15.3. The van der Waals surface area contributed by atoms with Crippen LogP contribution in [0.5, 0.6) is 5.75 Å². The van der Waals surface area contributed by atoms with E-state index in [0.29, 0.717) is 25.3 Å². The minimum atomic E-state index is -4.67. The summed E-state index contributed by atoms with van der Waals surface area (Å²) in [6, 6.07) is 4.59. The van der Waals surface area contributed by atoms with Crippen molar-refractivity contribution in [3.8, 4) is 5.75 Å². The van der Waals surface area contributed by atoms with Crippen LogP contribution in [0.4, 0.5) is 23.2 Å². The van der Waals surface area contributed by atoms with Gasteiger partial charge in [-0.25, -0.2) is 14.4 Å². The van der Waals surface area contributed by atoms with Crippen molar-refractivity contribution in [2.24, 2.45) is 5.92 Å². The van der Waals surface area contributed by atoms with E-state index in [1.807, 2.05) is 0 Å². The molecule has 4 rings (SSSR count). The lowest BCUT2D eigenvalue weighted by Crippen LogP contribution is -2.17. The van der Waals surface area contributed by atoms with Gasteiger partial charge >= 0.3 is 6.18 Å². The maximum absolute atomic E-state index is 14.8. The second-order valence-corrected chi connectivity index (χ2v) is 7.30. The van der Waals surface area contributed by atoms with Crippen molar-refractivity contribution >= 4 is 17.2 Å². The van der Waals surface area contributed by atoms with Gasteiger partial charge in [0, 0.05) is 31.0 Å². The molecule has 1 amide bonds. The average molecular weight is 452 g/mol. The van der Waals surface area contributed by atoms with Crippen LogP contribution >= 0.6 is 0 Å². The van der Waals surface area contributed by atoms with Crippen LogP contribution in [0, 0.1) is 5.92 Å². The Bertz CT molecular complexity index is 1130. The predicted octanol–water partition coefficient (Wildman–Crippen LogP) is 4.45. The second kappa shape index (κ2) is 8.73. The van der Waals surface area contributed by atoms with Crippen LogP contribution in [-0.2, 0) is 10.9 Å². The van der Waals surface area contributed by atoms with Crippen molar-refractivity contribution in [2.75, 3.05) is 25.1 Å². The van der Waals surface area contributed by atoms with Crippen molar-refractivity contribution in [3.63, 3.8) is 0 Å². The van der Waals surface area contributed by atoms with Gasteiger partial charge in [0.15, 0.2) is 0 Å². The van der Waals surface area contributed by atoms with Crippen molar-refractivity contribution in [3.05, 3.63) is 53.7 Å². The molecule has 0 radical (unpaired) electrons. The highest BCUT2D eigenvalue weighted by Crippen LogP contribution is 2.34. The standard InChI is InChI=1S/C21H20F4N4O3/c1-2-32-16-8-18-27-15(19(22)12-6-7-31-11-12)10-29(18)9-14(16)28-20(30)13-4-3-5-17(26-13)21(23,24)25/h3-5,8-10,12,19H,2,6-7,11H2,1H3,(H,28,30). The molecule has 1 aliphatic heterocycles. The van der Waals surface area contributed by atoms with E-state index in [4.69, 9.17) is 9.47 Å². The summed E-state index contributed by atoms with van der Waals surface area (Å²) < 4.78 is 65.9. The van der Waals surface area contributed by atoms with Crippen LogP contribution in [0.3, 0.4) is 0 Å². The Morgan fingerprint density at radius 2 is 2.16 bits per heavy atom. The van der Waals surface area contributed by atoms with Crippen LogP contribution in [0.2, 0.25) is 0 Å². The zero-order valence-electron chi connectivity index (χ0n) is 17.0. The molecule has 0 aromatic carbocycles. The van der Waals surface area contributed by atoms with Gasteiger partial charge in [0.05, 0.1) is 18.9 Å². The lowest BCUT2D eigenvalue weighted by molar-refractivity contribution is -0.141. The molecular weight excluding hydrogens is 432 g/mol. The number of amides is 1. The minimum absolute atomic E-state index is 0.187. The van der Waals surface area contributed by atoms with Gasteiger partial charge in [0.2, 0.25) is 0 Å². The molecule has 32 heavy (non-hydrogen) atoms. The average Bonchev–Trinajstić information content (AvgIpc) is 3.43. The number of ether oxygens (including phenoxy) is 2. The first-order valence-electron chi connectivity index (χ1n) is 9.99. The highest BCUT2D eigenvalue weighted by molar-refractivity contribution is 6.03. The molecule has 170 valence electrons. The van der Waals surface area contributed by atoms with Crippen molar-refractivity contribution < 1.29 is 31.8 Å². The van der Waals surface area contributed by atoms with Gasteiger partial charge in [-0.15, -0.1) is 0 Å². The van der Waals surface area contributed by atoms with E-state index >= 15 is 0 Å². The number of rotatable bonds is 6. The number of imidazole rings is 1. The zero-order valence-corrected chi connectivity index (χ0v) is 17.0. The number of nitrogens with one attached hydrogen (secondary N) is 1. The number of halogens is 4. The van der Waals surface area contributed by atoms with Gasteiger partial charge in [0.25, 0.3) is 5.91 Å². The molecule has 0 aliphatic carbocycles. The van der Waals surface area contributed by atoms with Gasteiger partial charge < -0.3 is 19.2 Å². The van der Waals surface area contributed by atoms with Crippen molar-refractivity contribution in [2.45, 2.75) is 25.7 Å². The number of carbonyl (C=O) groups excluding carboxylic acids is 1. The summed E-state index contributed by atoms with van der Waals surface area (Å²) in [4.78, 5) is 20.3. The monoisotopic (exact) mass is 452 g/mol. The molecule has 1 N–H and O–H groups in total. The van der Waals surface area contributed by atoms with Gasteiger partial charge in [-0.1, -0.05) is 6.07 Å². The molecule has 0 spiro atoms. The number of aromatic nitrogens is 3. The quantitative estimate of drug-likeness (QED) is 0.560. The first-order valence-corrected chi connectivity index (χ1v) is 9.99. The largest absolute Gasteiger partial charge is 0.491 e. The molecule has 1 fully saturated rings. The van der Waals surface area contributed by atoms with E-state index in [2.05, 4.69) is 15.3 Å². The number of nitrogens with zero attached hydrogens (tertiary/aromatic N) is 3. The molecule has 3 aromatic heterocycles. The molecule has 1 saturated heterocycles. The SMILES string of the molecule is CCOc1cc2nc(C(F)C3CCOC3)cn2cc1NC(=O)c1cccc(C(F)(F)F)n1. The molecule has 3 aromatic rings. The Morgan fingerprint density at radius 3 is 2.84 bits per heavy atom. The molecule has 2 unspecified atom stereocenters. The maximum atomic E-state index is 14.8. The Kier molecular flexibility index (Phi) is 6.00. The van der Waals surface area contributed by atoms with Crippen LogP contribution < -0.4 is 10.1 Å². The fourth-order valence-electron chi connectivity index (χ4n) is 3.47. The van der Waals surface area contributed by atoms with E-state index in [-0.39, 0.29) is 29.7 Å². The van der Waals surface area contributed by atoms with E-state index in [9.17, 15) is 22.4 Å². The third kappa shape index (κ3) is 4.52. The van der Waals surface area contributed by atoms with Gasteiger partial charge in [-0.05, 0) is 25.5 Å². The van der Waals surface area contributed by atoms with Gasteiger partial charge in [0.1, 0.15) is 34.6 Å². The number of carbonyl (C=O) groups is 1. The fraction of sp³-hybridized carbons (Fsp3) is 0.381. The van der Waals surface area contributed by atoms with E-state index in [1.54, 1.807) is 6.92 Å².